The third kappa shape index (κ3) is 6.21. The summed E-state index contributed by atoms with van der Waals surface area (Å²) in [5.74, 6) is -1.08. The molecule has 0 bridgehead atoms. The minimum atomic E-state index is -0.479. The number of aryl methyl sites for hydroxylation is 1. The van der Waals surface area contributed by atoms with E-state index in [9.17, 15) is 14.0 Å². The van der Waals surface area contributed by atoms with Crippen LogP contribution in [0.25, 0.3) is 33.1 Å². The van der Waals surface area contributed by atoms with Gasteiger partial charge >= 0.3 is 0 Å². The molecule has 51 heavy (non-hydrogen) atoms. The van der Waals surface area contributed by atoms with Crippen molar-refractivity contribution in [3.05, 3.63) is 161 Å². The fourth-order valence-corrected chi connectivity index (χ4v) is 7.59. The Morgan fingerprint density at radius 1 is 0.863 bits per heavy atom. The van der Waals surface area contributed by atoms with Crippen LogP contribution in [-0.4, -0.2) is 38.1 Å². The summed E-state index contributed by atoms with van der Waals surface area (Å²) < 4.78 is 16.4. The number of pyridine rings is 2. The topological polar surface area (TPSA) is 93.0 Å². The Morgan fingerprint density at radius 3 is 2.47 bits per heavy atom. The van der Waals surface area contributed by atoms with Gasteiger partial charge in [-0.05, 0) is 72.5 Å². The molecular formula is C41H31FN6O2S. The van der Waals surface area contributed by atoms with E-state index in [1.165, 1.54) is 17.4 Å². The number of nitrogens with zero attached hydrogens (tertiary/aromatic N) is 5. The molecule has 0 saturated heterocycles. The Kier molecular flexibility index (Phi) is 8.51. The van der Waals surface area contributed by atoms with E-state index < -0.39 is 5.82 Å². The summed E-state index contributed by atoms with van der Waals surface area (Å²) in [5, 5.41) is 7.49. The number of thiophene rings is 1. The first-order chi connectivity index (χ1) is 24.9. The zero-order valence-corrected chi connectivity index (χ0v) is 28.4. The van der Waals surface area contributed by atoms with Gasteiger partial charge in [0.25, 0.3) is 11.8 Å². The Morgan fingerprint density at radius 2 is 1.65 bits per heavy atom. The maximum Gasteiger partial charge on any atom is 0.276 e. The second-order valence-corrected chi connectivity index (χ2v) is 13.3. The minimum Gasteiger partial charge on any atom is -0.319 e. The predicted octanol–water partition coefficient (Wildman–Crippen LogP) is 8.69. The van der Waals surface area contributed by atoms with Gasteiger partial charge in [-0.1, -0.05) is 72.8 Å². The summed E-state index contributed by atoms with van der Waals surface area (Å²) in [4.78, 5) is 40.3. The van der Waals surface area contributed by atoms with Crippen molar-refractivity contribution < 1.29 is 14.0 Å². The zero-order valence-electron chi connectivity index (χ0n) is 27.6. The van der Waals surface area contributed by atoms with Gasteiger partial charge in [0.1, 0.15) is 11.5 Å². The molecule has 250 valence electrons. The second kappa shape index (κ2) is 13.6. The number of halogens is 1. The average molecular weight is 691 g/mol. The Labute approximate surface area is 297 Å². The molecule has 3 aromatic carbocycles. The molecule has 1 N–H and O–H groups in total. The minimum absolute atomic E-state index is 0.175. The molecule has 0 fully saturated rings. The quantitative estimate of drug-likeness (QED) is 0.181. The molecule has 8 nitrogen and oxygen atoms in total. The van der Waals surface area contributed by atoms with Crippen LogP contribution >= 0.6 is 11.3 Å². The number of carbonyl (C=O) groups excluding carboxylic acids is 2. The summed E-state index contributed by atoms with van der Waals surface area (Å²) >= 11 is 1.34. The molecule has 5 heterocycles. The monoisotopic (exact) mass is 690 g/mol. The van der Waals surface area contributed by atoms with Crippen LogP contribution in [-0.2, 0) is 13.0 Å². The molecule has 4 aromatic heterocycles. The lowest BCUT2D eigenvalue weighted by molar-refractivity contribution is 0.0981. The van der Waals surface area contributed by atoms with Crippen LogP contribution in [0.2, 0.25) is 0 Å². The van der Waals surface area contributed by atoms with E-state index in [2.05, 4.69) is 22.4 Å². The zero-order chi connectivity index (χ0) is 34.9. The molecule has 0 spiro atoms. The Bertz CT molecular complexity index is 2390. The summed E-state index contributed by atoms with van der Waals surface area (Å²) in [7, 11) is 0. The number of carbonyl (C=O) groups is 2. The van der Waals surface area contributed by atoms with Gasteiger partial charge in [0.2, 0.25) is 0 Å². The summed E-state index contributed by atoms with van der Waals surface area (Å²) in [5.41, 5.74) is 7.70. The third-order valence-electron chi connectivity index (χ3n) is 8.95. The fraction of sp³-hybridized carbons (Fsp3) is 0.0976. The van der Waals surface area contributed by atoms with Crippen molar-refractivity contribution in [1.82, 2.24) is 19.7 Å². The van der Waals surface area contributed by atoms with E-state index in [-0.39, 0.29) is 17.5 Å². The molecule has 0 atom stereocenters. The van der Waals surface area contributed by atoms with Crippen LogP contribution in [0.1, 0.15) is 36.9 Å². The van der Waals surface area contributed by atoms with Crippen LogP contribution in [0.4, 0.5) is 15.8 Å². The molecular weight excluding hydrogens is 660 g/mol. The van der Waals surface area contributed by atoms with E-state index in [1.807, 2.05) is 83.5 Å². The number of para-hydroxylation sites is 2. The molecule has 10 heteroatoms. The number of hydrogen-bond acceptors (Lipinski definition) is 6. The van der Waals surface area contributed by atoms with Crippen LogP contribution < -0.4 is 10.2 Å². The first-order valence-corrected chi connectivity index (χ1v) is 17.4. The van der Waals surface area contributed by atoms with E-state index in [0.717, 1.165) is 44.2 Å². The van der Waals surface area contributed by atoms with Crippen molar-refractivity contribution in [3.8, 4) is 33.1 Å². The number of amides is 2. The Balaban J connectivity index is 1.11. The van der Waals surface area contributed by atoms with E-state index in [0.29, 0.717) is 41.3 Å². The third-order valence-corrected chi connectivity index (χ3v) is 10.2. The molecule has 0 aliphatic carbocycles. The standard InChI is InChI=1S/C41H31FN6O2S/c1-26-11-9-15-31(42)37(26)46-40(49)36-23-28-20-22-47(35-19-6-5-14-29(35)39(28)51-36)41(50)34-18-10-17-32(45-34)30-24-44-48(25-27-12-3-2-4-13-27)38(30)33-16-7-8-21-43-33/h2-19,21,23-24H,20,22,25H2,1H3,(H,46,49). The van der Waals surface area contributed by atoms with Crippen LogP contribution in [0.5, 0.6) is 0 Å². The summed E-state index contributed by atoms with van der Waals surface area (Å²) in [6.07, 6.45) is 4.06. The molecule has 8 rings (SSSR count). The Hall–Kier alpha value is -6.26. The largest absolute Gasteiger partial charge is 0.319 e. The van der Waals surface area contributed by atoms with Crippen molar-refractivity contribution in [2.24, 2.45) is 0 Å². The van der Waals surface area contributed by atoms with E-state index in [1.54, 1.807) is 42.4 Å². The van der Waals surface area contributed by atoms with Gasteiger partial charge in [-0.3, -0.25) is 19.3 Å². The normalized spacial score (nSPS) is 12.2. The number of rotatable bonds is 7. The second-order valence-electron chi connectivity index (χ2n) is 12.2. The predicted molar refractivity (Wildman–Crippen MR) is 198 cm³/mol. The van der Waals surface area contributed by atoms with Gasteiger partial charge in [-0.2, -0.15) is 5.10 Å². The van der Waals surface area contributed by atoms with Gasteiger partial charge in [-0.25, -0.2) is 9.37 Å². The number of anilines is 2. The van der Waals surface area contributed by atoms with Crippen LogP contribution in [0.3, 0.4) is 0 Å². The van der Waals surface area contributed by atoms with Crippen LogP contribution in [0.15, 0.2) is 128 Å². The van der Waals surface area contributed by atoms with Crippen molar-refractivity contribution in [1.29, 1.82) is 0 Å². The lowest BCUT2D eigenvalue weighted by Crippen LogP contribution is -2.33. The van der Waals surface area contributed by atoms with Gasteiger partial charge in [-0.15, -0.1) is 11.3 Å². The lowest BCUT2D eigenvalue weighted by atomic mass is 10.1. The van der Waals surface area contributed by atoms with Crippen molar-refractivity contribution in [2.45, 2.75) is 19.9 Å². The highest BCUT2D eigenvalue weighted by atomic mass is 32.1. The van der Waals surface area contributed by atoms with Crippen molar-refractivity contribution >= 4 is 34.5 Å². The highest BCUT2D eigenvalue weighted by Gasteiger charge is 2.29. The molecule has 1 aliphatic heterocycles. The first-order valence-electron chi connectivity index (χ1n) is 16.5. The number of aromatic nitrogens is 4. The average Bonchev–Trinajstić information content (AvgIpc) is 3.75. The number of hydrogen-bond donors (Lipinski definition) is 1. The van der Waals surface area contributed by atoms with Crippen molar-refractivity contribution in [3.63, 3.8) is 0 Å². The van der Waals surface area contributed by atoms with Gasteiger partial charge in [0.15, 0.2) is 0 Å². The molecule has 7 aromatic rings. The maximum atomic E-state index is 14.5. The van der Waals surface area contributed by atoms with Crippen LogP contribution in [0, 0.1) is 12.7 Å². The SMILES string of the molecule is Cc1cccc(F)c1NC(=O)c1cc2c(s1)-c1ccccc1N(C(=O)c1cccc(-c3cnn(Cc4ccccc4)c3-c3ccccn3)n1)CC2. The maximum absolute atomic E-state index is 14.5. The first kappa shape index (κ1) is 32.0. The number of fused-ring (bicyclic) bond motifs is 3. The molecule has 1 aliphatic rings. The molecule has 0 radical (unpaired) electrons. The van der Waals surface area contributed by atoms with Gasteiger partial charge in [0.05, 0.1) is 46.1 Å². The van der Waals surface area contributed by atoms with Gasteiger partial charge in [0, 0.05) is 28.7 Å². The highest BCUT2D eigenvalue weighted by Crippen LogP contribution is 2.42. The summed E-state index contributed by atoms with van der Waals surface area (Å²) in [6.45, 7) is 2.69. The number of benzene rings is 3. The van der Waals surface area contributed by atoms with E-state index >= 15 is 0 Å². The fourth-order valence-electron chi connectivity index (χ4n) is 6.45. The molecule has 0 unspecified atom stereocenters. The van der Waals surface area contributed by atoms with Crippen molar-refractivity contribution in [2.75, 3.05) is 16.8 Å². The number of nitrogens with one attached hydrogen (secondary N) is 1. The van der Waals surface area contributed by atoms with Gasteiger partial charge < -0.3 is 10.2 Å². The lowest BCUT2D eigenvalue weighted by Gasteiger charge is -2.23. The smallest absolute Gasteiger partial charge is 0.276 e. The highest BCUT2D eigenvalue weighted by molar-refractivity contribution is 7.17. The molecule has 2 amide bonds. The summed E-state index contributed by atoms with van der Waals surface area (Å²) in [6, 6.07) is 35.6. The van der Waals surface area contributed by atoms with E-state index in [4.69, 9.17) is 10.1 Å². The molecule has 0 saturated carbocycles.